The molecule has 1 saturated heterocycles. The standard InChI is InChI=1S/C22H37N2O8P/c1-7-21(6,32-33(28,29)22(27,8-2)9-3)13-14-12-15(18-17(14)30-20(4,5)31-18)24-11-10-16(25)23-19(24)26/h10-11,14-15,17-18,27H,7-9,12-13H2,1-6H3,(H,28,29)(H,23,25,26)/t14?,15?,17-,18+,21?/m1/s1. The van der Waals surface area contributed by atoms with Crippen LogP contribution in [0.25, 0.3) is 0 Å². The summed E-state index contributed by atoms with van der Waals surface area (Å²) in [5, 5.41) is 8.87. The zero-order chi connectivity index (χ0) is 24.8. The third-order valence-corrected chi connectivity index (χ3v) is 9.58. The summed E-state index contributed by atoms with van der Waals surface area (Å²) in [5.74, 6) is -1.01. The molecule has 188 valence electrons. The van der Waals surface area contributed by atoms with Crippen molar-refractivity contribution >= 4 is 7.60 Å². The minimum Gasteiger partial charge on any atom is -0.377 e. The number of ether oxygens (including phenoxy) is 2. The lowest BCUT2D eigenvalue weighted by Crippen LogP contribution is -2.38. The molecule has 33 heavy (non-hydrogen) atoms. The van der Waals surface area contributed by atoms with Gasteiger partial charge in [0.25, 0.3) is 5.56 Å². The van der Waals surface area contributed by atoms with E-state index in [0.717, 1.165) is 0 Å². The first-order valence-electron chi connectivity index (χ1n) is 11.6. The minimum absolute atomic E-state index is 0.0908. The van der Waals surface area contributed by atoms with Gasteiger partial charge in [0.15, 0.2) is 11.1 Å². The molecule has 6 atom stereocenters. The molecule has 10 nitrogen and oxygen atoms in total. The Hall–Kier alpha value is -1.29. The van der Waals surface area contributed by atoms with E-state index >= 15 is 0 Å². The van der Waals surface area contributed by atoms with E-state index < -0.39 is 41.7 Å². The summed E-state index contributed by atoms with van der Waals surface area (Å²) in [6.45, 7) is 10.5. The first-order chi connectivity index (χ1) is 15.2. The number of hydrogen-bond acceptors (Lipinski definition) is 7. The van der Waals surface area contributed by atoms with Gasteiger partial charge in [0.05, 0.1) is 17.7 Å². The topological polar surface area (TPSA) is 140 Å². The maximum atomic E-state index is 13.1. The van der Waals surface area contributed by atoms with E-state index in [0.29, 0.717) is 19.3 Å². The van der Waals surface area contributed by atoms with Crippen LogP contribution in [0.5, 0.6) is 0 Å². The molecule has 0 amide bonds. The molecule has 1 saturated carbocycles. The van der Waals surface area contributed by atoms with Crippen molar-refractivity contribution in [2.45, 2.75) is 109 Å². The molecule has 0 aromatic carbocycles. The smallest absolute Gasteiger partial charge is 0.359 e. The molecule has 3 N–H and O–H groups in total. The average molecular weight is 489 g/mol. The van der Waals surface area contributed by atoms with E-state index in [2.05, 4.69) is 4.98 Å². The fourth-order valence-electron chi connectivity index (χ4n) is 5.05. The fourth-order valence-corrected chi connectivity index (χ4v) is 6.82. The molecule has 1 aromatic heterocycles. The van der Waals surface area contributed by atoms with Gasteiger partial charge in [-0.3, -0.25) is 18.9 Å². The Kier molecular flexibility index (Phi) is 7.22. The second-order valence-electron chi connectivity index (χ2n) is 9.95. The number of aromatic nitrogens is 2. The van der Waals surface area contributed by atoms with E-state index in [1.165, 1.54) is 16.8 Å². The number of nitrogens with one attached hydrogen (secondary N) is 1. The van der Waals surface area contributed by atoms with Gasteiger partial charge >= 0.3 is 13.3 Å². The van der Waals surface area contributed by atoms with Crippen LogP contribution in [-0.4, -0.2) is 48.5 Å². The van der Waals surface area contributed by atoms with Crippen molar-refractivity contribution in [1.82, 2.24) is 9.55 Å². The van der Waals surface area contributed by atoms with Crippen LogP contribution in [0.15, 0.2) is 21.9 Å². The Balaban J connectivity index is 1.90. The van der Waals surface area contributed by atoms with Gasteiger partial charge in [0.2, 0.25) is 0 Å². The average Bonchev–Trinajstić information content (AvgIpc) is 3.20. The van der Waals surface area contributed by atoms with Crippen LogP contribution in [0.3, 0.4) is 0 Å². The van der Waals surface area contributed by atoms with Crippen LogP contribution in [0, 0.1) is 5.92 Å². The van der Waals surface area contributed by atoms with E-state index in [4.69, 9.17) is 14.0 Å². The number of nitrogens with zero attached hydrogens (tertiary/aromatic N) is 1. The third kappa shape index (κ3) is 5.06. The second kappa shape index (κ2) is 9.06. The predicted octanol–water partition coefficient (Wildman–Crippen LogP) is 2.89. The van der Waals surface area contributed by atoms with Crippen molar-refractivity contribution in [1.29, 1.82) is 0 Å². The van der Waals surface area contributed by atoms with Gasteiger partial charge in [0, 0.05) is 12.3 Å². The highest BCUT2D eigenvalue weighted by molar-refractivity contribution is 7.54. The summed E-state index contributed by atoms with van der Waals surface area (Å²) in [6.07, 6.45) is 2.14. The monoisotopic (exact) mass is 488 g/mol. The zero-order valence-electron chi connectivity index (χ0n) is 20.2. The second-order valence-corrected chi connectivity index (χ2v) is 12.0. The van der Waals surface area contributed by atoms with Crippen LogP contribution >= 0.6 is 7.60 Å². The number of hydrogen-bond donors (Lipinski definition) is 3. The van der Waals surface area contributed by atoms with Gasteiger partial charge < -0.3 is 24.0 Å². The molecule has 0 bridgehead atoms. The highest BCUT2D eigenvalue weighted by Crippen LogP contribution is 2.61. The van der Waals surface area contributed by atoms with Crippen molar-refractivity contribution in [3.63, 3.8) is 0 Å². The van der Waals surface area contributed by atoms with Gasteiger partial charge in [-0.05, 0) is 58.8 Å². The summed E-state index contributed by atoms with van der Waals surface area (Å²) >= 11 is 0. The molecular weight excluding hydrogens is 451 g/mol. The molecule has 1 aromatic rings. The molecule has 0 radical (unpaired) electrons. The number of aromatic amines is 1. The summed E-state index contributed by atoms with van der Waals surface area (Å²) in [4.78, 5) is 37.0. The van der Waals surface area contributed by atoms with E-state index in [1.54, 1.807) is 34.6 Å². The highest BCUT2D eigenvalue weighted by Gasteiger charge is 2.57. The van der Waals surface area contributed by atoms with Gasteiger partial charge in [-0.2, -0.15) is 0 Å². The molecule has 11 heteroatoms. The van der Waals surface area contributed by atoms with Gasteiger partial charge in [-0.1, -0.05) is 20.8 Å². The Labute approximate surface area is 193 Å². The number of rotatable bonds is 9. The summed E-state index contributed by atoms with van der Waals surface area (Å²) < 4.78 is 32.7. The van der Waals surface area contributed by atoms with E-state index in [-0.39, 0.29) is 30.9 Å². The molecule has 2 aliphatic rings. The van der Waals surface area contributed by atoms with Crippen LogP contribution in [0.1, 0.15) is 79.7 Å². The Morgan fingerprint density at radius 2 is 1.82 bits per heavy atom. The summed E-state index contributed by atoms with van der Waals surface area (Å²) in [5.41, 5.74) is -2.01. The van der Waals surface area contributed by atoms with Crippen LogP contribution in [-0.2, 0) is 18.6 Å². The van der Waals surface area contributed by atoms with Gasteiger partial charge in [0.1, 0.15) is 6.10 Å². The first-order valence-corrected chi connectivity index (χ1v) is 13.2. The molecule has 3 rings (SSSR count). The normalized spacial score (nSPS) is 30.5. The molecule has 1 aliphatic carbocycles. The van der Waals surface area contributed by atoms with E-state index in [1.807, 2.05) is 6.92 Å². The number of H-pyrrole nitrogens is 1. The van der Waals surface area contributed by atoms with E-state index in [9.17, 15) is 24.2 Å². The van der Waals surface area contributed by atoms with Gasteiger partial charge in [-0.15, -0.1) is 0 Å². The summed E-state index contributed by atoms with van der Waals surface area (Å²) in [7, 11) is -4.36. The van der Waals surface area contributed by atoms with Crippen molar-refractivity contribution in [3.05, 3.63) is 33.1 Å². The van der Waals surface area contributed by atoms with Crippen LogP contribution in [0.4, 0.5) is 0 Å². The summed E-state index contributed by atoms with van der Waals surface area (Å²) in [6, 6.07) is 0.916. The van der Waals surface area contributed by atoms with Crippen LogP contribution < -0.4 is 11.2 Å². The lowest BCUT2D eigenvalue weighted by atomic mass is 9.87. The predicted molar refractivity (Wildman–Crippen MR) is 122 cm³/mol. The molecule has 1 aliphatic heterocycles. The highest BCUT2D eigenvalue weighted by atomic mass is 31.2. The van der Waals surface area contributed by atoms with Crippen molar-refractivity contribution < 1.29 is 28.6 Å². The van der Waals surface area contributed by atoms with Gasteiger partial charge in [-0.25, -0.2) is 4.79 Å². The largest absolute Gasteiger partial charge is 0.377 e. The maximum absolute atomic E-state index is 13.1. The lowest BCUT2D eigenvalue weighted by molar-refractivity contribution is -0.162. The Bertz CT molecular complexity index is 1020. The lowest BCUT2D eigenvalue weighted by Gasteiger charge is -2.39. The van der Waals surface area contributed by atoms with Crippen molar-refractivity contribution in [2.24, 2.45) is 5.92 Å². The fraction of sp³-hybridized carbons (Fsp3) is 0.818. The number of fused-ring (bicyclic) bond motifs is 1. The third-order valence-electron chi connectivity index (χ3n) is 7.20. The Morgan fingerprint density at radius 3 is 2.36 bits per heavy atom. The van der Waals surface area contributed by atoms with Crippen molar-refractivity contribution in [3.8, 4) is 0 Å². The first kappa shape index (κ1) is 26.3. The van der Waals surface area contributed by atoms with Crippen molar-refractivity contribution in [2.75, 3.05) is 0 Å². The Morgan fingerprint density at radius 1 is 1.21 bits per heavy atom. The molecule has 0 spiro atoms. The molecule has 4 unspecified atom stereocenters. The van der Waals surface area contributed by atoms with Crippen LogP contribution in [0.2, 0.25) is 0 Å². The number of aliphatic hydroxyl groups is 1. The molecule has 2 fully saturated rings. The quantitative estimate of drug-likeness (QED) is 0.451. The molecular formula is C22H37N2O8P. The zero-order valence-corrected chi connectivity index (χ0v) is 21.1. The minimum atomic E-state index is -4.36. The molecule has 2 heterocycles. The maximum Gasteiger partial charge on any atom is 0.359 e. The SMILES string of the molecule is CCC(C)(CC1CC(n2ccc(=O)[nH]c2=O)[C@@H]2OC(C)(C)O[C@H]12)OP(=O)(O)C(O)(CC)CC.